The summed E-state index contributed by atoms with van der Waals surface area (Å²) in [5, 5.41) is 6.93. The number of hydrazone groups is 1. The fraction of sp³-hybridized carbons (Fsp3) is 0.176. The summed E-state index contributed by atoms with van der Waals surface area (Å²) in [5.41, 5.74) is 4.26. The lowest BCUT2D eigenvalue weighted by molar-refractivity contribution is -0.119. The van der Waals surface area contributed by atoms with Gasteiger partial charge in [0.05, 0.1) is 19.4 Å². The first-order chi connectivity index (χ1) is 10.8. The summed E-state index contributed by atoms with van der Waals surface area (Å²) in [4.78, 5) is 11.7. The van der Waals surface area contributed by atoms with Crippen molar-refractivity contribution in [3.63, 3.8) is 0 Å². The van der Waals surface area contributed by atoms with Gasteiger partial charge in [-0.05, 0) is 36.8 Å². The minimum Gasteiger partial charge on any atom is -0.494 e. The molecule has 0 radical (unpaired) electrons. The van der Waals surface area contributed by atoms with Gasteiger partial charge in [0.1, 0.15) is 5.75 Å². The van der Waals surface area contributed by atoms with E-state index in [0.29, 0.717) is 6.61 Å². The molecule has 114 valence electrons. The van der Waals surface area contributed by atoms with E-state index >= 15 is 0 Å². The minimum atomic E-state index is -0.207. The van der Waals surface area contributed by atoms with Gasteiger partial charge in [-0.3, -0.25) is 4.79 Å². The minimum absolute atomic E-state index is 0.153. The second kappa shape index (κ2) is 8.46. The molecule has 0 saturated carbocycles. The molecule has 0 aliphatic rings. The van der Waals surface area contributed by atoms with E-state index in [9.17, 15) is 4.79 Å². The predicted molar refractivity (Wildman–Crippen MR) is 88.3 cm³/mol. The van der Waals surface area contributed by atoms with Crippen LogP contribution in [-0.2, 0) is 4.79 Å². The van der Waals surface area contributed by atoms with Gasteiger partial charge in [0, 0.05) is 5.69 Å². The molecule has 2 aromatic rings. The third kappa shape index (κ3) is 5.28. The largest absolute Gasteiger partial charge is 0.494 e. The van der Waals surface area contributed by atoms with Crippen molar-refractivity contribution >= 4 is 17.8 Å². The van der Waals surface area contributed by atoms with Crippen molar-refractivity contribution in [2.24, 2.45) is 5.10 Å². The van der Waals surface area contributed by atoms with Crippen molar-refractivity contribution in [1.29, 1.82) is 0 Å². The summed E-state index contributed by atoms with van der Waals surface area (Å²) in [6, 6.07) is 17.0. The maximum atomic E-state index is 11.7. The Balaban J connectivity index is 1.74. The van der Waals surface area contributed by atoms with Crippen molar-refractivity contribution in [3.05, 3.63) is 60.2 Å². The second-order valence-electron chi connectivity index (χ2n) is 4.51. The van der Waals surface area contributed by atoms with Crippen LogP contribution in [0.2, 0.25) is 0 Å². The zero-order chi connectivity index (χ0) is 15.6. The van der Waals surface area contributed by atoms with Crippen LogP contribution < -0.4 is 15.5 Å². The fourth-order valence-electron chi connectivity index (χ4n) is 1.78. The predicted octanol–water partition coefficient (Wildman–Crippen LogP) is 2.65. The number of anilines is 1. The number of ether oxygens (including phenoxy) is 1. The molecule has 1 amide bonds. The third-order valence-electron chi connectivity index (χ3n) is 2.82. The van der Waals surface area contributed by atoms with E-state index in [4.69, 9.17) is 4.74 Å². The van der Waals surface area contributed by atoms with Gasteiger partial charge < -0.3 is 10.1 Å². The molecular weight excluding hydrogens is 278 g/mol. The molecule has 2 aromatic carbocycles. The van der Waals surface area contributed by atoms with Crippen LogP contribution in [0.1, 0.15) is 12.5 Å². The highest BCUT2D eigenvalue weighted by Crippen LogP contribution is 2.15. The van der Waals surface area contributed by atoms with Gasteiger partial charge in [-0.1, -0.05) is 30.3 Å². The van der Waals surface area contributed by atoms with Gasteiger partial charge in [-0.25, -0.2) is 5.43 Å². The van der Waals surface area contributed by atoms with Crippen LogP contribution in [0.5, 0.6) is 5.75 Å². The summed E-state index contributed by atoms with van der Waals surface area (Å²) >= 11 is 0. The number of nitrogens with zero attached hydrogens (tertiary/aromatic N) is 1. The Labute approximate surface area is 130 Å². The zero-order valence-corrected chi connectivity index (χ0v) is 12.5. The molecule has 0 atom stereocenters. The van der Waals surface area contributed by atoms with E-state index in [-0.39, 0.29) is 12.5 Å². The van der Waals surface area contributed by atoms with Gasteiger partial charge in [-0.15, -0.1) is 0 Å². The first-order valence-corrected chi connectivity index (χ1v) is 7.11. The van der Waals surface area contributed by atoms with E-state index in [1.54, 1.807) is 6.21 Å². The quantitative estimate of drug-likeness (QED) is 0.610. The molecule has 0 heterocycles. The third-order valence-corrected chi connectivity index (χ3v) is 2.82. The average molecular weight is 297 g/mol. The lowest BCUT2D eigenvalue weighted by Gasteiger charge is -2.07. The number of hydrogen-bond donors (Lipinski definition) is 2. The molecule has 5 heteroatoms. The van der Waals surface area contributed by atoms with Gasteiger partial charge in [0.15, 0.2) is 0 Å². The molecule has 0 aliphatic carbocycles. The maximum absolute atomic E-state index is 11.7. The molecule has 5 nitrogen and oxygen atoms in total. The molecule has 22 heavy (non-hydrogen) atoms. The maximum Gasteiger partial charge on any atom is 0.259 e. The summed E-state index contributed by atoms with van der Waals surface area (Å²) in [6.07, 6.45) is 1.61. The average Bonchev–Trinajstić information content (AvgIpc) is 2.55. The van der Waals surface area contributed by atoms with E-state index in [1.807, 2.05) is 61.5 Å². The van der Waals surface area contributed by atoms with Crippen LogP contribution in [0, 0.1) is 0 Å². The Morgan fingerprint density at radius 3 is 2.55 bits per heavy atom. The van der Waals surface area contributed by atoms with Crippen LogP contribution in [0.15, 0.2) is 59.7 Å². The van der Waals surface area contributed by atoms with Crippen LogP contribution >= 0.6 is 0 Å². The summed E-state index contributed by atoms with van der Waals surface area (Å²) in [6.45, 7) is 2.72. The molecule has 0 bridgehead atoms. The van der Waals surface area contributed by atoms with Crippen molar-refractivity contribution in [2.75, 3.05) is 18.5 Å². The van der Waals surface area contributed by atoms with E-state index in [0.717, 1.165) is 17.0 Å². The van der Waals surface area contributed by atoms with E-state index in [2.05, 4.69) is 15.8 Å². The van der Waals surface area contributed by atoms with E-state index < -0.39 is 0 Å². The number of benzene rings is 2. The molecule has 2 rings (SSSR count). The number of amides is 1. The van der Waals surface area contributed by atoms with Crippen LogP contribution in [0.3, 0.4) is 0 Å². The molecule has 0 saturated heterocycles. The first-order valence-electron chi connectivity index (χ1n) is 7.11. The Hall–Kier alpha value is -2.82. The molecular formula is C17H19N3O2. The van der Waals surface area contributed by atoms with Crippen molar-refractivity contribution in [3.8, 4) is 5.75 Å². The zero-order valence-electron chi connectivity index (χ0n) is 12.5. The Bertz CT molecular complexity index is 610. The van der Waals surface area contributed by atoms with Gasteiger partial charge in [-0.2, -0.15) is 5.10 Å². The van der Waals surface area contributed by atoms with Crippen molar-refractivity contribution in [1.82, 2.24) is 5.43 Å². The molecule has 2 N–H and O–H groups in total. The molecule has 0 fully saturated rings. The number of nitrogens with one attached hydrogen (secondary N) is 2. The van der Waals surface area contributed by atoms with Crippen molar-refractivity contribution < 1.29 is 9.53 Å². The van der Waals surface area contributed by atoms with Crippen molar-refractivity contribution in [2.45, 2.75) is 6.92 Å². The van der Waals surface area contributed by atoms with Crippen LogP contribution in [0.4, 0.5) is 5.69 Å². The molecule has 0 aliphatic heterocycles. The fourth-order valence-corrected chi connectivity index (χ4v) is 1.78. The highest BCUT2D eigenvalue weighted by atomic mass is 16.5. The van der Waals surface area contributed by atoms with Gasteiger partial charge in [0.2, 0.25) is 0 Å². The van der Waals surface area contributed by atoms with E-state index in [1.165, 1.54) is 0 Å². The number of carbonyl (C=O) groups is 1. The number of carbonyl (C=O) groups excluding carboxylic acids is 1. The summed E-state index contributed by atoms with van der Waals surface area (Å²) in [7, 11) is 0. The second-order valence-corrected chi connectivity index (χ2v) is 4.51. The van der Waals surface area contributed by atoms with Crippen LogP contribution in [-0.4, -0.2) is 25.3 Å². The van der Waals surface area contributed by atoms with Crippen LogP contribution in [0.25, 0.3) is 0 Å². The highest BCUT2D eigenvalue weighted by molar-refractivity contribution is 5.84. The summed E-state index contributed by atoms with van der Waals surface area (Å²) < 4.78 is 5.36. The monoisotopic (exact) mass is 297 g/mol. The Morgan fingerprint density at radius 2 is 1.86 bits per heavy atom. The standard InChI is InChI=1S/C17H19N3O2/c1-2-22-16-10-8-15(9-11-16)18-13-17(21)20-19-12-14-6-4-3-5-7-14/h3-12,18H,2,13H2,1H3,(H,20,21). The van der Waals surface area contributed by atoms with Gasteiger partial charge >= 0.3 is 0 Å². The first kappa shape index (κ1) is 15.6. The summed E-state index contributed by atoms with van der Waals surface area (Å²) in [5.74, 6) is 0.603. The van der Waals surface area contributed by atoms with Gasteiger partial charge in [0.25, 0.3) is 5.91 Å². The lowest BCUT2D eigenvalue weighted by atomic mass is 10.2. The Morgan fingerprint density at radius 1 is 1.14 bits per heavy atom. The molecule has 0 unspecified atom stereocenters. The normalized spacial score (nSPS) is 10.4. The smallest absolute Gasteiger partial charge is 0.259 e. The lowest BCUT2D eigenvalue weighted by Crippen LogP contribution is -2.25. The number of hydrogen-bond acceptors (Lipinski definition) is 4. The number of rotatable bonds is 7. The molecule has 0 spiro atoms. The molecule has 0 aromatic heterocycles. The Kier molecular flexibility index (Phi) is 5.99. The highest BCUT2D eigenvalue weighted by Gasteiger charge is 2.00. The topological polar surface area (TPSA) is 62.7 Å². The SMILES string of the molecule is CCOc1ccc(NCC(=O)NN=Cc2ccccc2)cc1.